The van der Waals surface area contributed by atoms with E-state index < -0.39 is 35.7 Å². The molecule has 5 nitrogen and oxygen atoms in total. The van der Waals surface area contributed by atoms with Crippen molar-refractivity contribution in [3.05, 3.63) is 65.7 Å². The molecule has 26 heavy (non-hydrogen) atoms. The number of halogens is 2. The number of benzene rings is 2. The lowest BCUT2D eigenvalue weighted by atomic mass is 10.1. The number of carbonyl (C=O) groups is 2. The SMILES string of the molecule is CC(C)(Oc1ccc(F)cc1)C(=O)OCC(=O)NCc1ccccc1F. The number of carbonyl (C=O) groups excluding carboxylic acids is 2. The molecule has 2 rings (SSSR count). The Labute approximate surface area is 149 Å². The monoisotopic (exact) mass is 363 g/mol. The molecule has 1 N–H and O–H groups in total. The summed E-state index contributed by atoms with van der Waals surface area (Å²) >= 11 is 0. The van der Waals surface area contributed by atoms with Crippen molar-refractivity contribution >= 4 is 11.9 Å². The van der Waals surface area contributed by atoms with Crippen molar-refractivity contribution in [3.8, 4) is 5.75 Å². The average molecular weight is 363 g/mol. The van der Waals surface area contributed by atoms with Gasteiger partial charge in [-0.15, -0.1) is 0 Å². The van der Waals surface area contributed by atoms with Crippen molar-refractivity contribution in [2.45, 2.75) is 26.0 Å². The molecule has 138 valence electrons. The van der Waals surface area contributed by atoms with Gasteiger partial charge in [0.2, 0.25) is 0 Å². The van der Waals surface area contributed by atoms with Crippen LogP contribution in [0, 0.1) is 11.6 Å². The topological polar surface area (TPSA) is 64.6 Å². The van der Waals surface area contributed by atoms with E-state index in [1.807, 2.05) is 0 Å². The molecule has 2 aromatic carbocycles. The van der Waals surface area contributed by atoms with Crippen LogP contribution in [0.4, 0.5) is 8.78 Å². The third-order valence-corrected chi connectivity index (χ3v) is 3.45. The van der Waals surface area contributed by atoms with Gasteiger partial charge in [0, 0.05) is 12.1 Å². The lowest BCUT2D eigenvalue weighted by Crippen LogP contribution is -2.41. The summed E-state index contributed by atoms with van der Waals surface area (Å²) in [4.78, 5) is 23.9. The number of esters is 1. The number of hydrogen-bond acceptors (Lipinski definition) is 4. The van der Waals surface area contributed by atoms with Crippen LogP contribution in [0.2, 0.25) is 0 Å². The summed E-state index contributed by atoms with van der Waals surface area (Å²) in [5.74, 6) is -1.90. The summed E-state index contributed by atoms with van der Waals surface area (Å²) < 4.78 is 36.8. The first-order chi connectivity index (χ1) is 12.3. The van der Waals surface area contributed by atoms with Crippen LogP contribution in [0.1, 0.15) is 19.4 Å². The largest absolute Gasteiger partial charge is 0.476 e. The average Bonchev–Trinajstić information content (AvgIpc) is 2.60. The third-order valence-electron chi connectivity index (χ3n) is 3.45. The van der Waals surface area contributed by atoms with Crippen LogP contribution in [0.5, 0.6) is 5.75 Å². The Morgan fingerprint density at radius 2 is 1.69 bits per heavy atom. The van der Waals surface area contributed by atoms with Gasteiger partial charge in [-0.2, -0.15) is 0 Å². The molecular weight excluding hydrogens is 344 g/mol. The zero-order valence-corrected chi connectivity index (χ0v) is 14.4. The molecule has 0 aliphatic carbocycles. The van der Waals surface area contributed by atoms with Crippen LogP contribution in [0.25, 0.3) is 0 Å². The van der Waals surface area contributed by atoms with Gasteiger partial charge >= 0.3 is 5.97 Å². The molecule has 0 radical (unpaired) electrons. The van der Waals surface area contributed by atoms with Crippen LogP contribution in [0.3, 0.4) is 0 Å². The minimum Gasteiger partial charge on any atom is -0.476 e. The summed E-state index contributed by atoms with van der Waals surface area (Å²) in [6.07, 6.45) is 0. The smallest absolute Gasteiger partial charge is 0.350 e. The van der Waals surface area contributed by atoms with E-state index in [-0.39, 0.29) is 12.3 Å². The summed E-state index contributed by atoms with van der Waals surface area (Å²) in [5, 5.41) is 2.46. The van der Waals surface area contributed by atoms with Gasteiger partial charge in [-0.3, -0.25) is 4.79 Å². The van der Waals surface area contributed by atoms with E-state index in [4.69, 9.17) is 9.47 Å². The molecule has 0 unspecified atom stereocenters. The van der Waals surface area contributed by atoms with Gasteiger partial charge in [0.25, 0.3) is 5.91 Å². The number of nitrogens with one attached hydrogen (secondary N) is 1. The van der Waals surface area contributed by atoms with Crippen molar-refractivity contribution in [2.75, 3.05) is 6.61 Å². The van der Waals surface area contributed by atoms with Crippen LogP contribution >= 0.6 is 0 Å². The summed E-state index contributed by atoms with van der Waals surface area (Å²) in [6.45, 7) is 2.40. The standard InChI is InChI=1S/C19H19F2NO4/c1-19(2,26-15-9-7-14(20)8-10-15)18(24)25-12-17(23)22-11-13-5-3-4-6-16(13)21/h3-10H,11-12H2,1-2H3,(H,22,23). The molecule has 0 saturated carbocycles. The van der Waals surface area contributed by atoms with Gasteiger partial charge in [0.15, 0.2) is 12.2 Å². The van der Waals surface area contributed by atoms with E-state index in [9.17, 15) is 18.4 Å². The fourth-order valence-electron chi connectivity index (χ4n) is 2.03. The minimum atomic E-state index is -1.37. The Hall–Kier alpha value is -2.96. The molecule has 7 heteroatoms. The second-order valence-electron chi connectivity index (χ2n) is 6.01. The Kier molecular flexibility index (Phi) is 6.27. The summed E-state index contributed by atoms with van der Waals surface area (Å²) in [5.41, 5.74) is -1.05. The quantitative estimate of drug-likeness (QED) is 0.768. The summed E-state index contributed by atoms with van der Waals surface area (Å²) in [7, 11) is 0. The maximum atomic E-state index is 13.5. The highest BCUT2D eigenvalue weighted by Gasteiger charge is 2.32. The number of hydrogen-bond donors (Lipinski definition) is 1. The second kappa shape index (κ2) is 8.42. The lowest BCUT2D eigenvalue weighted by molar-refractivity contribution is -0.162. The molecular formula is C19H19F2NO4. The van der Waals surface area contributed by atoms with Gasteiger partial charge in [-0.05, 0) is 44.2 Å². The molecule has 1 amide bonds. The van der Waals surface area contributed by atoms with Crippen LogP contribution in [-0.2, 0) is 20.9 Å². The van der Waals surface area contributed by atoms with E-state index in [1.54, 1.807) is 18.2 Å². The van der Waals surface area contributed by atoms with Gasteiger partial charge in [0.05, 0.1) is 0 Å². The minimum absolute atomic E-state index is 0.0153. The highest BCUT2D eigenvalue weighted by molar-refractivity contribution is 5.83. The first-order valence-corrected chi connectivity index (χ1v) is 7.90. The van der Waals surface area contributed by atoms with Crippen LogP contribution < -0.4 is 10.1 Å². The fraction of sp³-hybridized carbons (Fsp3) is 0.263. The second-order valence-corrected chi connectivity index (χ2v) is 6.01. The van der Waals surface area contributed by atoms with E-state index in [1.165, 1.54) is 44.2 Å². The Bertz CT molecular complexity index is 775. The van der Waals surface area contributed by atoms with Crippen molar-refractivity contribution in [2.24, 2.45) is 0 Å². The predicted octanol–water partition coefficient (Wildman–Crippen LogP) is 2.98. The van der Waals surface area contributed by atoms with E-state index in [0.29, 0.717) is 5.56 Å². The predicted molar refractivity (Wildman–Crippen MR) is 90.3 cm³/mol. The molecule has 0 aliphatic heterocycles. The zero-order valence-electron chi connectivity index (χ0n) is 14.4. The van der Waals surface area contributed by atoms with Crippen molar-refractivity contribution < 1.29 is 27.8 Å². The Morgan fingerprint density at radius 1 is 1.04 bits per heavy atom. The number of amides is 1. The molecule has 0 spiro atoms. The first kappa shape index (κ1) is 19.4. The maximum absolute atomic E-state index is 13.5. The Morgan fingerprint density at radius 3 is 2.35 bits per heavy atom. The van der Waals surface area contributed by atoms with Crippen LogP contribution in [-0.4, -0.2) is 24.1 Å². The van der Waals surface area contributed by atoms with Crippen LogP contribution in [0.15, 0.2) is 48.5 Å². The summed E-state index contributed by atoms with van der Waals surface area (Å²) in [6, 6.07) is 11.2. The molecule has 0 aliphatic rings. The maximum Gasteiger partial charge on any atom is 0.350 e. The number of rotatable bonds is 7. The first-order valence-electron chi connectivity index (χ1n) is 7.90. The zero-order chi connectivity index (χ0) is 19.2. The molecule has 0 bridgehead atoms. The highest BCUT2D eigenvalue weighted by atomic mass is 19.1. The van der Waals surface area contributed by atoms with E-state index in [2.05, 4.69) is 5.32 Å². The van der Waals surface area contributed by atoms with Gasteiger partial charge in [0.1, 0.15) is 17.4 Å². The molecule has 0 heterocycles. The van der Waals surface area contributed by atoms with Crippen molar-refractivity contribution in [1.82, 2.24) is 5.32 Å². The molecule has 0 saturated heterocycles. The molecule has 0 fully saturated rings. The van der Waals surface area contributed by atoms with Crippen molar-refractivity contribution in [1.29, 1.82) is 0 Å². The highest BCUT2D eigenvalue weighted by Crippen LogP contribution is 2.19. The molecule has 0 atom stereocenters. The normalized spacial score (nSPS) is 10.9. The van der Waals surface area contributed by atoms with Gasteiger partial charge < -0.3 is 14.8 Å². The number of ether oxygens (including phenoxy) is 2. The van der Waals surface area contributed by atoms with Crippen molar-refractivity contribution in [3.63, 3.8) is 0 Å². The van der Waals surface area contributed by atoms with E-state index in [0.717, 1.165) is 0 Å². The van der Waals surface area contributed by atoms with Gasteiger partial charge in [-0.1, -0.05) is 18.2 Å². The Balaban J connectivity index is 1.81. The van der Waals surface area contributed by atoms with Gasteiger partial charge in [-0.25, -0.2) is 13.6 Å². The fourth-order valence-corrected chi connectivity index (χ4v) is 2.03. The lowest BCUT2D eigenvalue weighted by Gasteiger charge is -2.24. The third kappa shape index (κ3) is 5.54. The van der Waals surface area contributed by atoms with E-state index >= 15 is 0 Å². The molecule has 0 aromatic heterocycles. The molecule has 2 aromatic rings.